The second-order valence-electron chi connectivity index (χ2n) is 2.10. The zero-order valence-corrected chi connectivity index (χ0v) is 6.14. The zero-order chi connectivity index (χ0) is 8.97. The van der Waals surface area contributed by atoms with Crippen molar-refractivity contribution < 1.29 is 15.2 Å². The molecule has 12 heavy (non-hydrogen) atoms. The molecule has 5 heteroatoms. The fourth-order valence-corrected chi connectivity index (χ4v) is 0.745. The van der Waals surface area contributed by atoms with Gasteiger partial charge in [-0.3, -0.25) is 15.2 Å². The van der Waals surface area contributed by atoms with Gasteiger partial charge in [0.05, 0.1) is 0 Å². The highest BCUT2D eigenvalue weighted by Crippen LogP contribution is 1.97. The second-order valence-corrected chi connectivity index (χ2v) is 2.10. The van der Waals surface area contributed by atoms with Gasteiger partial charge in [0, 0.05) is 10.9 Å². The molecule has 0 aliphatic rings. The number of hydrogen-bond donors (Lipinski definition) is 3. The van der Waals surface area contributed by atoms with Gasteiger partial charge < -0.3 is 0 Å². The van der Waals surface area contributed by atoms with Gasteiger partial charge in [0.25, 0.3) is 5.91 Å². The molecule has 0 spiro atoms. The summed E-state index contributed by atoms with van der Waals surface area (Å²) in [4.78, 5) is 11.0. The number of hydrogen-bond acceptors (Lipinski definition) is 4. The molecule has 1 aromatic rings. The first-order chi connectivity index (χ1) is 5.70. The van der Waals surface area contributed by atoms with Crippen LogP contribution in [-0.2, 0) is 0 Å². The minimum absolute atomic E-state index is 0.352. The Balaban J connectivity index is 2.66. The van der Waals surface area contributed by atoms with Crippen molar-refractivity contribution in [2.24, 2.45) is 0 Å². The van der Waals surface area contributed by atoms with Gasteiger partial charge in [-0.25, -0.2) is 5.43 Å². The van der Waals surface area contributed by atoms with Crippen LogP contribution in [0, 0.1) is 0 Å². The predicted octanol–water partition coefficient (Wildman–Crippen LogP) is 0.412. The van der Waals surface area contributed by atoms with Gasteiger partial charge in [-0.05, 0) is 12.1 Å². The van der Waals surface area contributed by atoms with Crippen molar-refractivity contribution in [3.8, 4) is 0 Å². The van der Waals surface area contributed by atoms with Crippen LogP contribution in [-0.4, -0.2) is 21.7 Å². The van der Waals surface area contributed by atoms with Crippen LogP contribution in [0.15, 0.2) is 30.3 Å². The standard InChI is InChI=1S/C7H8N2O3/c10-7(8-9(11)12)6-4-2-1-3-5-6/h1-5,11-12H,(H,8,10). The third-order valence-electron chi connectivity index (χ3n) is 1.24. The van der Waals surface area contributed by atoms with Crippen molar-refractivity contribution in [3.63, 3.8) is 0 Å². The second kappa shape index (κ2) is 3.82. The summed E-state index contributed by atoms with van der Waals surface area (Å²) in [5.74, 6) is -0.583. The summed E-state index contributed by atoms with van der Waals surface area (Å²) in [5, 5.41) is 16.1. The number of nitrogens with zero attached hydrogens (tertiary/aromatic N) is 1. The Morgan fingerprint density at radius 2 is 1.83 bits per heavy atom. The smallest absolute Gasteiger partial charge is 0.269 e. The number of hydrazine groups is 1. The zero-order valence-electron chi connectivity index (χ0n) is 6.14. The lowest BCUT2D eigenvalue weighted by molar-refractivity contribution is -0.331. The molecule has 0 aliphatic carbocycles. The maximum Gasteiger partial charge on any atom is 0.269 e. The van der Waals surface area contributed by atoms with Crippen LogP contribution in [0.3, 0.4) is 0 Å². The van der Waals surface area contributed by atoms with E-state index in [0.29, 0.717) is 5.56 Å². The summed E-state index contributed by atoms with van der Waals surface area (Å²) < 4.78 is 0. The molecule has 1 aromatic carbocycles. The van der Waals surface area contributed by atoms with E-state index in [0.717, 1.165) is 0 Å². The van der Waals surface area contributed by atoms with Crippen LogP contribution in [0.4, 0.5) is 0 Å². The van der Waals surface area contributed by atoms with E-state index < -0.39 is 5.91 Å². The van der Waals surface area contributed by atoms with Crippen LogP contribution < -0.4 is 5.43 Å². The molecule has 0 bridgehead atoms. The summed E-state index contributed by atoms with van der Waals surface area (Å²) in [6.45, 7) is 0. The SMILES string of the molecule is O=C(NN(O)O)c1ccccc1. The normalized spacial score (nSPS) is 9.92. The van der Waals surface area contributed by atoms with Crippen molar-refractivity contribution in [2.45, 2.75) is 0 Å². The quantitative estimate of drug-likeness (QED) is 0.559. The van der Waals surface area contributed by atoms with Gasteiger partial charge in [0.1, 0.15) is 0 Å². The minimum Gasteiger partial charge on any atom is -0.271 e. The fraction of sp³-hybridized carbons (Fsp3) is 0. The predicted molar refractivity (Wildman–Crippen MR) is 39.3 cm³/mol. The van der Waals surface area contributed by atoms with Crippen LogP contribution in [0.1, 0.15) is 10.4 Å². The van der Waals surface area contributed by atoms with E-state index in [2.05, 4.69) is 0 Å². The largest absolute Gasteiger partial charge is 0.271 e. The molecule has 0 radical (unpaired) electrons. The summed E-state index contributed by atoms with van der Waals surface area (Å²) in [7, 11) is 0. The van der Waals surface area contributed by atoms with Crippen molar-refractivity contribution in [2.75, 3.05) is 0 Å². The minimum atomic E-state index is -0.583. The molecule has 0 aliphatic heterocycles. The first kappa shape index (κ1) is 8.66. The molecule has 1 rings (SSSR count). The van der Waals surface area contributed by atoms with E-state index in [-0.39, 0.29) is 5.34 Å². The molecule has 0 aromatic heterocycles. The van der Waals surface area contributed by atoms with Crippen LogP contribution in [0.5, 0.6) is 0 Å². The lowest BCUT2D eigenvalue weighted by Gasteiger charge is -2.06. The van der Waals surface area contributed by atoms with E-state index in [9.17, 15) is 4.79 Å². The Labute approximate surface area is 68.7 Å². The number of carbonyl (C=O) groups is 1. The van der Waals surface area contributed by atoms with Crippen LogP contribution in [0.2, 0.25) is 0 Å². The van der Waals surface area contributed by atoms with Gasteiger partial charge >= 0.3 is 0 Å². The summed E-state index contributed by atoms with van der Waals surface area (Å²) in [6.07, 6.45) is 0. The molecule has 0 saturated carbocycles. The van der Waals surface area contributed by atoms with Gasteiger partial charge in [-0.15, -0.1) is 0 Å². The summed E-state index contributed by atoms with van der Waals surface area (Å²) in [5.41, 5.74) is 2.12. The number of nitrogens with one attached hydrogen (secondary N) is 1. The first-order valence-electron chi connectivity index (χ1n) is 3.24. The molecule has 1 amide bonds. The molecule has 5 nitrogen and oxygen atoms in total. The first-order valence-corrected chi connectivity index (χ1v) is 3.24. The molecule has 0 saturated heterocycles. The fourth-order valence-electron chi connectivity index (χ4n) is 0.745. The molecule has 0 fully saturated rings. The Bertz CT molecular complexity index is 261. The molecule has 64 valence electrons. The van der Waals surface area contributed by atoms with E-state index in [1.54, 1.807) is 35.8 Å². The lowest BCUT2D eigenvalue weighted by Crippen LogP contribution is -2.37. The van der Waals surface area contributed by atoms with Gasteiger partial charge in [-0.1, -0.05) is 18.2 Å². The maximum absolute atomic E-state index is 11.0. The van der Waals surface area contributed by atoms with E-state index in [1.807, 2.05) is 0 Å². The topological polar surface area (TPSA) is 72.8 Å². The Hall–Kier alpha value is -1.43. The molecule has 3 N–H and O–H groups in total. The number of carbonyl (C=O) groups excluding carboxylic acids is 1. The molecular formula is C7H8N2O3. The van der Waals surface area contributed by atoms with E-state index >= 15 is 0 Å². The van der Waals surface area contributed by atoms with E-state index in [1.165, 1.54) is 0 Å². The van der Waals surface area contributed by atoms with Crippen molar-refractivity contribution in [1.29, 1.82) is 0 Å². The monoisotopic (exact) mass is 168 g/mol. The highest BCUT2D eigenvalue weighted by atomic mass is 16.8. The van der Waals surface area contributed by atoms with Crippen molar-refractivity contribution in [1.82, 2.24) is 10.8 Å². The highest BCUT2D eigenvalue weighted by Gasteiger charge is 2.05. The summed E-state index contributed by atoms with van der Waals surface area (Å²) in [6, 6.07) is 8.21. The average molecular weight is 168 g/mol. The summed E-state index contributed by atoms with van der Waals surface area (Å²) >= 11 is 0. The van der Waals surface area contributed by atoms with Gasteiger partial charge in [-0.2, -0.15) is 0 Å². The Kier molecular flexibility index (Phi) is 2.76. The maximum atomic E-state index is 11.0. The highest BCUT2D eigenvalue weighted by molar-refractivity contribution is 5.93. The van der Waals surface area contributed by atoms with Crippen LogP contribution in [0.25, 0.3) is 0 Å². The van der Waals surface area contributed by atoms with E-state index in [4.69, 9.17) is 10.4 Å². The molecular weight excluding hydrogens is 160 g/mol. The lowest BCUT2D eigenvalue weighted by atomic mass is 10.2. The van der Waals surface area contributed by atoms with Crippen molar-refractivity contribution in [3.05, 3.63) is 35.9 Å². The number of benzene rings is 1. The Morgan fingerprint density at radius 3 is 2.33 bits per heavy atom. The third-order valence-corrected chi connectivity index (χ3v) is 1.24. The number of amides is 1. The van der Waals surface area contributed by atoms with Gasteiger partial charge in [0.15, 0.2) is 0 Å². The molecule has 0 atom stereocenters. The van der Waals surface area contributed by atoms with Crippen molar-refractivity contribution >= 4 is 5.91 Å². The Morgan fingerprint density at radius 1 is 1.25 bits per heavy atom. The number of rotatable bonds is 2. The third kappa shape index (κ3) is 2.31. The van der Waals surface area contributed by atoms with Gasteiger partial charge in [0.2, 0.25) is 0 Å². The molecule has 0 unspecified atom stereocenters. The average Bonchev–Trinajstić information content (AvgIpc) is 2.05. The van der Waals surface area contributed by atoms with Crippen LogP contribution >= 0.6 is 0 Å². The molecule has 0 heterocycles.